The maximum Gasteiger partial charge on any atom is 0.238 e. The predicted molar refractivity (Wildman–Crippen MR) is 78.6 cm³/mol. The molecule has 4 nitrogen and oxygen atoms in total. The predicted octanol–water partition coefficient (Wildman–Crippen LogP) is 1.46. The van der Waals surface area contributed by atoms with Gasteiger partial charge in [-0.2, -0.15) is 0 Å². The minimum absolute atomic E-state index is 0.0771. The molecule has 0 spiro atoms. The van der Waals surface area contributed by atoms with Crippen LogP contribution in [0.4, 0.5) is 5.69 Å². The largest absolute Gasteiger partial charge is 0.325 e. The Morgan fingerprint density at radius 2 is 1.89 bits per heavy atom. The fourth-order valence-electron chi connectivity index (χ4n) is 2.35. The Morgan fingerprint density at radius 3 is 2.58 bits per heavy atom. The van der Waals surface area contributed by atoms with E-state index in [9.17, 15) is 4.79 Å². The molecular formula is C15H23N3O. The van der Waals surface area contributed by atoms with Gasteiger partial charge in [-0.05, 0) is 43.5 Å². The van der Waals surface area contributed by atoms with Crippen LogP contribution >= 0.6 is 0 Å². The van der Waals surface area contributed by atoms with E-state index in [4.69, 9.17) is 0 Å². The van der Waals surface area contributed by atoms with Crippen molar-refractivity contribution in [2.45, 2.75) is 20.8 Å². The summed E-state index contributed by atoms with van der Waals surface area (Å²) in [5.41, 5.74) is 4.61. The smallest absolute Gasteiger partial charge is 0.238 e. The number of anilines is 1. The molecule has 1 aromatic carbocycles. The minimum atomic E-state index is 0.0771. The van der Waals surface area contributed by atoms with Crippen molar-refractivity contribution in [1.29, 1.82) is 0 Å². The molecule has 1 fully saturated rings. The van der Waals surface area contributed by atoms with Crippen molar-refractivity contribution in [3.8, 4) is 0 Å². The topological polar surface area (TPSA) is 44.4 Å². The molecule has 2 N–H and O–H groups in total. The van der Waals surface area contributed by atoms with Crippen LogP contribution in [0.5, 0.6) is 0 Å². The molecule has 1 aliphatic heterocycles. The van der Waals surface area contributed by atoms with Crippen LogP contribution < -0.4 is 10.6 Å². The summed E-state index contributed by atoms with van der Waals surface area (Å²) in [6, 6.07) is 4.05. The van der Waals surface area contributed by atoms with E-state index in [1.165, 1.54) is 11.1 Å². The molecule has 0 aliphatic carbocycles. The zero-order valence-corrected chi connectivity index (χ0v) is 12.0. The summed E-state index contributed by atoms with van der Waals surface area (Å²) >= 11 is 0. The van der Waals surface area contributed by atoms with E-state index in [2.05, 4.69) is 42.4 Å². The average molecular weight is 261 g/mol. The van der Waals surface area contributed by atoms with Gasteiger partial charge < -0.3 is 10.6 Å². The summed E-state index contributed by atoms with van der Waals surface area (Å²) in [6.07, 6.45) is 0. The average Bonchev–Trinajstić information content (AvgIpc) is 2.41. The molecule has 0 radical (unpaired) electrons. The number of carbonyl (C=O) groups excluding carboxylic acids is 1. The molecule has 19 heavy (non-hydrogen) atoms. The standard InChI is InChI=1S/C15H23N3O/c1-11-4-5-14(13(3)12(11)2)17-15(19)10-18-8-6-16-7-9-18/h4-5,16H,6-10H2,1-3H3,(H,17,19). The Bertz CT molecular complexity index is 465. The molecule has 1 heterocycles. The number of aryl methyl sites for hydroxylation is 1. The lowest BCUT2D eigenvalue weighted by molar-refractivity contribution is -0.117. The number of hydrogen-bond acceptors (Lipinski definition) is 3. The minimum Gasteiger partial charge on any atom is -0.325 e. The number of amides is 1. The van der Waals surface area contributed by atoms with Gasteiger partial charge in [0.25, 0.3) is 0 Å². The summed E-state index contributed by atoms with van der Waals surface area (Å²) in [6.45, 7) is 10.5. The molecule has 104 valence electrons. The zero-order chi connectivity index (χ0) is 13.8. The van der Waals surface area contributed by atoms with Crippen molar-refractivity contribution in [3.63, 3.8) is 0 Å². The molecule has 1 saturated heterocycles. The second-order valence-corrected chi connectivity index (χ2v) is 5.25. The first kappa shape index (κ1) is 14.0. The number of carbonyl (C=O) groups is 1. The van der Waals surface area contributed by atoms with Gasteiger partial charge in [-0.25, -0.2) is 0 Å². The van der Waals surface area contributed by atoms with E-state index in [1.54, 1.807) is 0 Å². The Kier molecular flexibility index (Phi) is 4.56. The Hall–Kier alpha value is -1.39. The molecule has 0 unspecified atom stereocenters. The van der Waals surface area contributed by atoms with E-state index in [-0.39, 0.29) is 5.91 Å². The summed E-state index contributed by atoms with van der Waals surface area (Å²) in [7, 11) is 0. The molecule has 1 aliphatic rings. The third-order valence-corrected chi connectivity index (χ3v) is 3.91. The molecule has 0 bridgehead atoms. The first-order valence-corrected chi connectivity index (χ1v) is 6.87. The number of piperazine rings is 1. The van der Waals surface area contributed by atoms with E-state index in [0.717, 1.165) is 37.4 Å². The van der Waals surface area contributed by atoms with Crippen LogP contribution in [0.3, 0.4) is 0 Å². The van der Waals surface area contributed by atoms with Crippen molar-refractivity contribution in [1.82, 2.24) is 10.2 Å². The van der Waals surface area contributed by atoms with Gasteiger partial charge in [0.15, 0.2) is 0 Å². The molecule has 4 heteroatoms. The Labute approximate surface area is 115 Å². The number of nitrogens with zero attached hydrogens (tertiary/aromatic N) is 1. The van der Waals surface area contributed by atoms with Crippen molar-refractivity contribution in [2.75, 3.05) is 38.0 Å². The molecule has 2 rings (SSSR count). The second-order valence-electron chi connectivity index (χ2n) is 5.25. The molecule has 1 aromatic rings. The van der Waals surface area contributed by atoms with Crippen molar-refractivity contribution in [2.24, 2.45) is 0 Å². The SMILES string of the molecule is Cc1ccc(NC(=O)CN2CCNCC2)c(C)c1C. The van der Waals surface area contributed by atoms with Gasteiger partial charge >= 0.3 is 0 Å². The van der Waals surface area contributed by atoms with Crippen LogP contribution in [0, 0.1) is 20.8 Å². The van der Waals surface area contributed by atoms with Crippen LogP contribution in [0.25, 0.3) is 0 Å². The van der Waals surface area contributed by atoms with Gasteiger partial charge in [0.05, 0.1) is 6.54 Å². The van der Waals surface area contributed by atoms with E-state index >= 15 is 0 Å². The lowest BCUT2D eigenvalue weighted by Gasteiger charge is -2.26. The lowest BCUT2D eigenvalue weighted by atomic mass is 10.0. The summed E-state index contributed by atoms with van der Waals surface area (Å²) in [5.74, 6) is 0.0771. The van der Waals surface area contributed by atoms with Crippen LogP contribution in [0.1, 0.15) is 16.7 Å². The molecule has 1 amide bonds. The number of rotatable bonds is 3. The summed E-state index contributed by atoms with van der Waals surface area (Å²) in [4.78, 5) is 14.2. The maximum atomic E-state index is 12.1. The third kappa shape index (κ3) is 3.55. The molecule has 0 saturated carbocycles. The third-order valence-electron chi connectivity index (χ3n) is 3.91. The van der Waals surface area contributed by atoms with E-state index in [0.29, 0.717) is 6.54 Å². The maximum absolute atomic E-state index is 12.1. The van der Waals surface area contributed by atoms with Crippen LogP contribution in [-0.4, -0.2) is 43.5 Å². The van der Waals surface area contributed by atoms with Crippen LogP contribution in [0.15, 0.2) is 12.1 Å². The Morgan fingerprint density at radius 1 is 1.21 bits per heavy atom. The fraction of sp³-hybridized carbons (Fsp3) is 0.533. The number of hydrogen-bond donors (Lipinski definition) is 2. The van der Waals surface area contributed by atoms with Crippen molar-refractivity contribution < 1.29 is 4.79 Å². The van der Waals surface area contributed by atoms with Crippen molar-refractivity contribution in [3.05, 3.63) is 28.8 Å². The van der Waals surface area contributed by atoms with Crippen molar-refractivity contribution >= 4 is 11.6 Å². The summed E-state index contributed by atoms with van der Waals surface area (Å²) < 4.78 is 0. The van der Waals surface area contributed by atoms with Gasteiger partial charge in [-0.15, -0.1) is 0 Å². The van der Waals surface area contributed by atoms with Gasteiger partial charge in [0.1, 0.15) is 0 Å². The Balaban J connectivity index is 1.97. The van der Waals surface area contributed by atoms with E-state index in [1.807, 2.05) is 6.07 Å². The molecule has 0 aromatic heterocycles. The number of benzene rings is 1. The molecule has 0 atom stereocenters. The number of nitrogens with one attached hydrogen (secondary N) is 2. The monoisotopic (exact) mass is 261 g/mol. The summed E-state index contributed by atoms with van der Waals surface area (Å²) in [5, 5.41) is 6.31. The highest BCUT2D eigenvalue weighted by molar-refractivity contribution is 5.93. The van der Waals surface area contributed by atoms with E-state index < -0.39 is 0 Å². The highest BCUT2D eigenvalue weighted by atomic mass is 16.2. The van der Waals surface area contributed by atoms with Crippen LogP contribution in [-0.2, 0) is 4.79 Å². The normalized spacial score (nSPS) is 16.4. The molecular weight excluding hydrogens is 238 g/mol. The lowest BCUT2D eigenvalue weighted by Crippen LogP contribution is -2.46. The van der Waals surface area contributed by atoms with Gasteiger partial charge in [-0.3, -0.25) is 9.69 Å². The zero-order valence-electron chi connectivity index (χ0n) is 12.0. The van der Waals surface area contributed by atoms with Crippen LogP contribution in [0.2, 0.25) is 0 Å². The van der Waals surface area contributed by atoms with Gasteiger partial charge in [0.2, 0.25) is 5.91 Å². The highest BCUT2D eigenvalue weighted by Crippen LogP contribution is 2.21. The quantitative estimate of drug-likeness (QED) is 0.865. The van der Waals surface area contributed by atoms with Gasteiger partial charge in [-0.1, -0.05) is 6.07 Å². The highest BCUT2D eigenvalue weighted by Gasteiger charge is 2.14. The fourth-order valence-corrected chi connectivity index (χ4v) is 2.35. The van der Waals surface area contributed by atoms with Gasteiger partial charge in [0, 0.05) is 31.9 Å². The first-order chi connectivity index (χ1) is 9.08. The first-order valence-electron chi connectivity index (χ1n) is 6.87. The second kappa shape index (κ2) is 6.17.